The number of nitrogens with one attached hydrogen (secondary N) is 1. The van der Waals surface area contributed by atoms with Gasteiger partial charge in [0.15, 0.2) is 5.13 Å². The summed E-state index contributed by atoms with van der Waals surface area (Å²) in [4.78, 5) is 16.2. The predicted octanol–water partition coefficient (Wildman–Crippen LogP) is 4.68. The summed E-state index contributed by atoms with van der Waals surface area (Å²) in [6.07, 6.45) is 0. The number of amides is 1. The number of hydrogen-bond acceptors (Lipinski definition) is 3. The van der Waals surface area contributed by atoms with Crippen molar-refractivity contribution in [1.29, 1.82) is 0 Å². The molecule has 0 saturated heterocycles. The zero-order chi connectivity index (χ0) is 14.0. The molecule has 0 aliphatic carbocycles. The van der Waals surface area contributed by atoms with E-state index in [1.54, 1.807) is 13.8 Å². The number of thiazole rings is 1. The Balaban J connectivity index is 2.16. The van der Waals surface area contributed by atoms with E-state index in [1.165, 1.54) is 11.3 Å². The van der Waals surface area contributed by atoms with Crippen molar-refractivity contribution in [2.75, 3.05) is 5.32 Å². The van der Waals surface area contributed by atoms with Crippen LogP contribution in [0.3, 0.4) is 0 Å². The molecule has 1 amide bonds. The molecular formula is C13H12Br2N2OS. The van der Waals surface area contributed by atoms with Gasteiger partial charge in [-0.15, -0.1) is 11.3 Å². The summed E-state index contributed by atoms with van der Waals surface area (Å²) in [5, 5.41) is 5.33. The van der Waals surface area contributed by atoms with E-state index in [1.807, 2.05) is 29.6 Å². The monoisotopic (exact) mass is 402 g/mol. The quantitative estimate of drug-likeness (QED) is 0.755. The SMILES string of the molecule is CC(C)(Br)C(=O)Nc1nc(-c2ccc(Br)cc2)cs1. The first kappa shape index (κ1) is 14.7. The Hall–Kier alpha value is -0.720. The zero-order valence-electron chi connectivity index (χ0n) is 10.4. The Morgan fingerprint density at radius 3 is 2.53 bits per heavy atom. The lowest BCUT2D eigenvalue weighted by molar-refractivity contribution is -0.117. The van der Waals surface area contributed by atoms with Crippen molar-refractivity contribution in [1.82, 2.24) is 4.98 Å². The third-order valence-corrected chi connectivity index (χ3v) is 4.05. The van der Waals surface area contributed by atoms with E-state index in [2.05, 4.69) is 42.2 Å². The first-order chi connectivity index (χ1) is 8.86. The Morgan fingerprint density at radius 2 is 1.95 bits per heavy atom. The molecule has 19 heavy (non-hydrogen) atoms. The van der Waals surface area contributed by atoms with Crippen LogP contribution in [-0.2, 0) is 4.79 Å². The largest absolute Gasteiger partial charge is 0.301 e. The van der Waals surface area contributed by atoms with Crippen molar-refractivity contribution in [3.63, 3.8) is 0 Å². The van der Waals surface area contributed by atoms with Gasteiger partial charge in [0.1, 0.15) is 0 Å². The molecule has 0 aliphatic rings. The minimum absolute atomic E-state index is 0.107. The van der Waals surface area contributed by atoms with Gasteiger partial charge in [-0.1, -0.05) is 44.0 Å². The van der Waals surface area contributed by atoms with E-state index in [0.29, 0.717) is 5.13 Å². The fourth-order valence-corrected chi connectivity index (χ4v) is 2.41. The standard InChI is InChI=1S/C13H12Br2N2OS/c1-13(2,15)11(18)17-12-16-10(7-19-12)8-3-5-9(14)6-4-8/h3-7H,1-2H3,(H,16,17,18). The van der Waals surface area contributed by atoms with Crippen LogP contribution in [0.2, 0.25) is 0 Å². The highest BCUT2D eigenvalue weighted by Crippen LogP contribution is 2.27. The second-order valence-corrected chi connectivity index (χ2v) is 8.23. The molecular weight excluding hydrogens is 392 g/mol. The summed E-state index contributed by atoms with van der Waals surface area (Å²) in [7, 11) is 0. The van der Waals surface area contributed by atoms with Gasteiger partial charge in [0.25, 0.3) is 0 Å². The van der Waals surface area contributed by atoms with Crippen molar-refractivity contribution in [2.45, 2.75) is 18.2 Å². The van der Waals surface area contributed by atoms with E-state index in [9.17, 15) is 4.79 Å². The highest BCUT2D eigenvalue weighted by molar-refractivity contribution is 9.10. The molecule has 6 heteroatoms. The summed E-state index contributed by atoms with van der Waals surface area (Å²) in [5.41, 5.74) is 1.89. The van der Waals surface area contributed by atoms with Crippen LogP contribution in [0.1, 0.15) is 13.8 Å². The van der Waals surface area contributed by atoms with Crippen LogP contribution >= 0.6 is 43.2 Å². The molecule has 0 bridgehead atoms. The van der Waals surface area contributed by atoms with Gasteiger partial charge in [0.05, 0.1) is 10.0 Å². The van der Waals surface area contributed by atoms with Crippen molar-refractivity contribution in [3.05, 3.63) is 34.1 Å². The van der Waals surface area contributed by atoms with Crippen LogP contribution in [0.4, 0.5) is 5.13 Å². The highest BCUT2D eigenvalue weighted by atomic mass is 79.9. The van der Waals surface area contributed by atoms with Crippen LogP contribution in [-0.4, -0.2) is 15.2 Å². The Morgan fingerprint density at radius 1 is 1.32 bits per heavy atom. The molecule has 1 aromatic carbocycles. The fourth-order valence-electron chi connectivity index (χ4n) is 1.33. The van der Waals surface area contributed by atoms with E-state index in [4.69, 9.17) is 0 Å². The predicted molar refractivity (Wildman–Crippen MR) is 86.9 cm³/mol. The number of nitrogens with zero attached hydrogens (tertiary/aromatic N) is 1. The topological polar surface area (TPSA) is 42.0 Å². The van der Waals surface area contributed by atoms with Gasteiger partial charge in [0, 0.05) is 15.4 Å². The summed E-state index contributed by atoms with van der Waals surface area (Å²) < 4.78 is 0.428. The van der Waals surface area contributed by atoms with E-state index < -0.39 is 4.32 Å². The summed E-state index contributed by atoms with van der Waals surface area (Å²) in [6.45, 7) is 3.59. The van der Waals surface area contributed by atoms with Gasteiger partial charge in [-0.25, -0.2) is 4.98 Å². The van der Waals surface area contributed by atoms with Crippen LogP contribution in [0.15, 0.2) is 34.1 Å². The minimum Gasteiger partial charge on any atom is -0.301 e. The number of aromatic nitrogens is 1. The zero-order valence-corrected chi connectivity index (χ0v) is 14.4. The number of carbonyl (C=O) groups is 1. The van der Waals surface area contributed by atoms with Crippen LogP contribution < -0.4 is 5.32 Å². The van der Waals surface area contributed by atoms with Crippen molar-refractivity contribution >= 4 is 54.2 Å². The third-order valence-electron chi connectivity index (χ3n) is 2.40. The minimum atomic E-state index is -0.601. The fraction of sp³-hybridized carbons (Fsp3) is 0.231. The smallest absolute Gasteiger partial charge is 0.242 e. The van der Waals surface area contributed by atoms with Crippen molar-refractivity contribution in [2.24, 2.45) is 0 Å². The number of benzene rings is 1. The molecule has 0 fully saturated rings. The summed E-state index contributed by atoms with van der Waals surface area (Å²) in [5.74, 6) is -0.107. The lowest BCUT2D eigenvalue weighted by Gasteiger charge is -2.13. The number of carbonyl (C=O) groups excluding carboxylic acids is 1. The molecule has 3 nitrogen and oxygen atoms in total. The first-order valence-electron chi connectivity index (χ1n) is 5.58. The maximum Gasteiger partial charge on any atom is 0.242 e. The molecule has 0 aliphatic heterocycles. The molecule has 2 aromatic rings. The number of alkyl halides is 1. The molecule has 1 heterocycles. The average Bonchev–Trinajstić information content (AvgIpc) is 2.77. The Kier molecular flexibility index (Phi) is 4.43. The van der Waals surface area contributed by atoms with Crippen LogP contribution in [0.5, 0.6) is 0 Å². The highest BCUT2D eigenvalue weighted by Gasteiger charge is 2.24. The van der Waals surface area contributed by atoms with Gasteiger partial charge in [0.2, 0.25) is 5.91 Å². The normalized spacial score (nSPS) is 11.4. The second-order valence-electron chi connectivity index (χ2n) is 4.47. The molecule has 0 atom stereocenters. The van der Waals surface area contributed by atoms with Crippen LogP contribution in [0.25, 0.3) is 11.3 Å². The first-order valence-corrected chi connectivity index (χ1v) is 8.04. The van der Waals surface area contributed by atoms with Crippen LogP contribution in [0, 0.1) is 0 Å². The number of halogens is 2. The Labute approximate surface area is 132 Å². The van der Waals surface area contributed by atoms with E-state index >= 15 is 0 Å². The molecule has 0 radical (unpaired) electrons. The Bertz CT molecular complexity index is 587. The third kappa shape index (κ3) is 3.87. The molecule has 1 N–H and O–H groups in total. The average molecular weight is 404 g/mol. The molecule has 0 spiro atoms. The van der Waals surface area contributed by atoms with Gasteiger partial charge in [-0.2, -0.15) is 0 Å². The number of anilines is 1. The van der Waals surface area contributed by atoms with Gasteiger partial charge < -0.3 is 5.32 Å². The number of rotatable bonds is 3. The molecule has 1 aromatic heterocycles. The van der Waals surface area contributed by atoms with E-state index in [-0.39, 0.29) is 5.91 Å². The maximum absolute atomic E-state index is 11.8. The lowest BCUT2D eigenvalue weighted by atomic mass is 10.2. The molecule has 0 unspecified atom stereocenters. The van der Waals surface area contributed by atoms with Gasteiger partial charge in [-0.05, 0) is 26.0 Å². The van der Waals surface area contributed by atoms with E-state index in [0.717, 1.165) is 15.7 Å². The van der Waals surface area contributed by atoms with Gasteiger partial charge in [-0.3, -0.25) is 4.79 Å². The molecule has 0 saturated carbocycles. The number of hydrogen-bond donors (Lipinski definition) is 1. The maximum atomic E-state index is 11.8. The lowest BCUT2D eigenvalue weighted by Crippen LogP contribution is -2.30. The van der Waals surface area contributed by atoms with Crippen molar-refractivity contribution < 1.29 is 4.79 Å². The summed E-state index contributed by atoms with van der Waals surface area (Å²) in [6, 6.07) is 7.90. The summed E-state index contributed by atoms with van der Waals surface area (Å²) >= 11 is 8.14. The van der Waals surface area contributed by atoms with Gasteiger partial charge >= 0.3 is 0 Å². The molecule has 2 rings (SSSR count). The van der Waals surface area contributed by atoms with Crippen molar-refractivity contribution in [3.8, 4) is 11.3 Å². The second kappa shape index (κ2) is 5.73. The molecule has 100 valence electrons.